The normalized spacial score (nSPS) is 20.8. The predicted molar refractivity (Wildman–Crippen MR) is 91.1 cm³/mol. The number of ether oxygens (including phenoxy) is 1. The molecule has 3 rings (SSSR count). The predicted octanol–water partition coefficient (Wildman–Crippen LogP) is 1.78. The maximum Gasteiger partial charge on any atom is 0.271 e. The Bertz CT molecular complexity index is 484. The smallest absolute Gasteiger partial charge is 0.271 e. The van der Waals surface area contributed by atoms with Gasteiger partial charge in [-0.05, 0) is 50.6 Å². The highest BCUT2D eigenvalue weighted by molar-refractivity contribution is 5.92. The van der Waals surface area contributed by atoms with Gasteiger partial charge in [-0.15, -0.1) is 12.4 Å². The SMILES string of the molecule is Cl.O=C(NCCCOCC1CC1)c1ccn(C2CCCNC2)n1. The van der Waals surface area contributed by atoms with Crippen LogP contribution in [0, 0.1) is 5.92 Å². The molecule has 130 valence electrons. The Hall–Kier alpha value is -1.11. The summed E-state index contributed by atoms with van der Waals surface area (Å²) in [4.78, 5) is 12.0. The minimum Gasteiger partial charge on any atom is -0.381 e. The van der Waals surface area contributed by atoms with Gasteiger partial charge in [0.05, 0.1) is 6.04 Å². The molecule has 1 aliphatic heterocycles. The molecule has 2 heterocycles. The van der Waals surface area contributed by atoms with E-state index >= 15 is 0 Å². The van der Waals surface area contributed by atoms with Gasteiger partial charge in [-0.1, -0.05) is 0 Å². The minimum atomic E-state index is -0.0929. The monoisotopic (exact) mass is 342 g/mol. The van der Waals surface area contributed by atoms with Crippen molar-refractivity contribution in [1.29, 1.82) is 0 Å². The first-order chi connectivity index (χ1) is 10.8. The number of nitrogens with zero attached hydrogens (tertiary/aromatic N) is 2. The number of carbonyl (C=O) groups excluding carboxylic acids is 1. The molecule has 1 aliphatic carbocycles. The average molecular weight is 343 g/mol. The molecule has 6 nitrogen and oxygen atoms in total. The summed E-state index contributed by atoms with van der Waals surface area (Å²) >= 11 is 0. The van der Waals surface area contributed by atoms with Crippen molar-refractivity contribution in [2.45, 2.75) is 38.1 Å². The lowest BCUT2D eigenvalue weighted by Crippen LogP contribution is -2.32. The van der Waals surface area contributed by atoms with Crippen molar-refractivity contribution in [1.82, 2.24) is 20.4 Å². The van der Waals surface area contributed by atoms with Gasteiger partial charge in [0, 0.05) is 32.5 Å². The third-order valence-electron chi connectivity index (χ3n) is 4.29. The number of piperidine rings is 1. The van der Waals surface area contributed by atoms with E-state index in [0.717, 1.165) is 51.5 Å². The van der Waals surface area contributed by atoms with Gasteiger partial charge in [-0.3, -0.25) is 9.48 Å². The van der Waals surface area contributed by atoms with Crippen molar-refractivity contribution < 1.29 is 9.53 Å². The van der Waals surface area contributed by atoms with Crippen LogP contribution in [0.1, 0.15) is 48.6 Å². The fourth-order valence-electron chi connectivity index (χ4n) is 2.72. The van der Waals surface area contributed by atoms with Crippen molar-refractivity contribution in [3.8, 4) is 0 Å². The third-order valence-corrected chi connectivity index (χ3v) is 4.29. The lowest BCUT2D eigenvalue weighted by molar-refractivity contribution is 0.0931. The molecule has 0 radical (unpaired) electrons. The van der Waals surface area contributed by atoms with Crippen LogP contribution in [0.2, 0.25) is 0 Å². The zero-order chi connectivity index (χ0) is 15.2. The molecule has 0 aromatic carbocycles. The topological polar surface area (TPSA) is 68.2 Å². The summed E-state index contributed by atoms with van der Waals surface area (Å²) in [6.07, 6.45) is 7.67. The van der Waals surface area contributed by atoms with Gasteiger partial charge >= 0.3 is 0 Å². The Morgan fingerprint density at radius 2 is 2.30 bits per heavy atom. The standard InChI is InChI=1S/C16H26N4O2.ClH/c21-16(18-8-2-10-22-12-13-4-5-13)15-6-9-20(19-15)14-3-1-7-17-11-14;/h6,9,13-14,17H,1-5,7-8,10-12H2,(H,18,21);1H. The molecule has 1 aromatic heterocycles. The van der Waals surface area contributed by atoms with Crippen LogP contribution < -0.4 is 10.6 Å². The first-order valence-corrected chi connectivity index (χ1v) is 8.45. The van der Waals surface area contributed by atoms with Crippen molar-refractivity contribution >= 4 is 18.3 Å². The van der Waals surface area contributed by atoms with Crippen LogP contribution in [0.3, 0.4) is 0 Å². The molecule has 2 N–H and O–H groups in total. The Morgan fingerprint density at radius 3 is 3.04 bits per heavy atom. The van der Waals surface area contributed by atoms with E-state index in [1.54, 1.807) is 6.07 Å². The van der Waals surface area contributed by atoms with Crippen LogP contribution in [0.5, 0.6) is 0 Å². The number of hydrogen-bond acceptors (Lipinski definition) is 4. The minimum absolute atomic E-state index is 0. The van der Waals surface area contributed by atoms with Crippen LogP contribution in [0.15, 0.2) is 12.3 Å². The summed E-state index contributed by atoms with van der Waals surface area (Å²) in [5, 5.41) is 10.7. The van der Waals surface area contributed by atoms with E-state index in [9.17, 15) is 4.79 Å². The van der Waals surface area contributed by atoms with Crippen molar-refractivity contribution in [3.63, 3.8) is 0 Å². The Labute approximate surface area is 143 Å². The highest BCUT2D eigenvalue weighted by Gasteiger charge is 2.21. The quantitative estimate of drug-likeness (QED) is 0.707. The number of rotatable bonds is 8. The van der Waals surface area contributed by atoms with E-state index < -0.39 is 0 Å². The molecule has 0 bridgehead atoms. The average Bonchev–Trinajstić information content (AvgIpc) is 3.24. The molecule has 2 aliphatic rings. The van der Waals surface area contributed by atoms with Gasteiger partial charge < -0.3 is 15.4 Å². The number of carbonyl (C=O) groups is 1. The van der Waals surface area contributed by atoms with Crippen molar-refractivity contribution in [2.75, 3.05) is 32.8 Å². The Kier molecular flexibility index (Phi) is 7.33. The summed E-state index contributed by atoms with van der Waals surface area (Å²) < 4.78 is 7.47. The summed E-state index contributed by atoms with van der Waals surface area (Å²) in [6.45, 7) is 4.25. The summed E-state index contributed by atoms with van der Waals surface area (Å²) in [6, 6.07) is 2.17. The molecule has 1 atom stereocenters. The zero-order valence-electron chi connectivity index (χ0n) is 13.5. The zero-order valence-corrected chi connectivity index (χ0v) is 14.3. The van der Waals surface area contributed by atoms with E-state index in [-0.39, 0.29) is 18.3 Å². The first kappa shape index (κ1) is 18.2. The fraction of sp³-hybridized carbons (Fsp3) is 0.750. The van der Waals surface area contributed by atoms with Gasteiger partial charge in [-0.25, -0.2) is 0 Å². The molecule has 1 saturated heterocycles. The molecule has 0 spiro atoms. The summed E-state index contributed by atoms with van der Waals surface area (Å²) in [5.74, 6) is 0.706. The molecular formula is C16H27ClN4O2. The van der Waals surface area contributed by atoms with Gasteiger partial charge in [0.25, 0.3) is 5.91 Å². The second-order valence-electron chi connectivity index (χ2n) is 6.31. The van der Waals surface area contributed by atoms with E-state index in [1.165, 1.54) is 12.8 Å². The largest absolute Gasteiger partial charge is 0.381 e. The molecular weight excluding hydrogens is 316 g/mol. The highest BCUT2D eigenvalue weighted by Crippen LogP contribution is 2.28. The van der Waals surface area contributed by atoms with Crippen molar-refractivity contribution in [2.24, 2.45) is 5.92 Å². The van der Waals surface area contributed by atoms with Gasteiger partial charge in [-0.2, -0.15) is 5.10 Å². The lowest BCUT2D eigenvalue weighted by atomic mass is 10.1. The summed E-state index contributed by atoms with van der Waals surface area (Å²) in [7, 11) is 0. The van der Waals surface area contributed by atoms with E-state index in [0.29, 0.717) is 18.3 Å². The third kappa shape index (κ3) is 5.79. The fourth-order valence-corrected chi connectivity index (χ4v) is 2.72. The molecule has 23 heavy (non-hydrogen) atoms. The summed E-state index contributed by atoms with van der Waals surface area (Å²) in [5.41, 5.74) is 0.504. The number of nitrogens with one attached hydrogen (secondary N) is 2. The molecule has 1 saturated carbocycles. The maximum absolute atomic E-state index is 12.0. The lowest BCUT2D eigenvalue weighted by Gasteiger charge is -2.22. The van der Waals surface area contributed by atoms with Crippen LogP contribution in [-0.2, 0) is 4.74 Å². The molecule has 1 unspecified atom stereocenters. The Morgan fingerprint density at radius 1 is 1.43 bits per heavy atom. The number of halogens is 1. The second kappa shape index (κ2) is 9.25. The van der Waals surface area contributed by atoms with Crippen molar-refractivity contribution in [3.05, 3.63) is 18.0 Å². The van der Waals surface area contributed by atoms with E-state index in [4.69, 9.17) is 4.74 Å². The highest BCUT2D eigenvalue weighted by atomic mass is 35.5. The molecule has 1 amide bonds. The molecule has 2 fully saturated rings. The Balaban J connectivity index is 0.00000192. The molecule has 1 aromatic rings. The number of aromatic nitrogens is 2. The van der Waals surface area contributed by atoms with Crippen LogP contribution in [-0.4, -0.2) is 48.5 Å². The second-order valence-corrected chi connectivity index (χ2v) is 6.31. The maximum atomic E-state index is 12.0. The number of amides is 1. The van der Waals surface area contributed by atoms with Gasteiger partial charge in [0.15, 0.2) is 0 Å². The van der Waals surface area contributed by atoms with Crippen LogP contribution >= 0.6 is 12.4 Å². The molecule has 7 heteroatoms. The van der Waals surface area contributed by atoms with Crippen LogP contribution in [0.25, 0.3) is 0 Å². The first-order valence-electron chi connectivity index (χ1n) is 8.45. The van der Waals surface area contributed by atoms with Crippen LogP contribution in [0.4, 0.5) is 0 Å². The van der Waals surface area contributed by atoms with Gasteiger partial charge in [0.2, 0.25) is 0 Å². The number of hydrogen-bond donors (Lipinski definition) is 2. The van der Waals surface area contributed by atoms with Gasteiger partial charge in [0.1, 0.15) is 5.69 Å². The van der Waals surface area contributed by atoms with E-state index in [2.05, 4.69) is 15.7 Å². The van der Waals surface area contributed by atoms with E-state index in [1.807, 2.05) is 10.9 Å².